The maximum atomic E-state index is 4.70. The zero-order valence-corrected chi connectivity index (χ0v) is 30.4. The average molecular weight is 715 g/mol. The van der Waals surface area contributed by atoms with Gasteiger partial charge in [0.2, 0.25) is 0 Å². The molecule has 11 aromatic rings. The summed E-state index contributed by atoms with van der Waals surface area (Å²) in [5.74, 6) is 0. The van der Waals surface area contributed by atoms with Crippen molar-refractivity contribution < 1.29 is 0 Å². The van der Waals surface area contributed by atoms with Crippen molar-refractivity contribution >= 4 is 43.6 Å². The molecule has 0 unspecified atom stereocenters. The van der Waals surface area contributed by atoms with Crippen molar-refractivity contribution in [2.75, 3.05) is 0 Å². The van der Waals surface area contributed by atoms with Gasteiger partial charge >= 0.3 is 0 Å². The summed E-state index contributed by atoms with van der Waals surface area (Å²) in [4.78, 5) is 9.34. The van der Waals surface area contributed by atoms with Crippen LogP contribution in [0.25, 0.3) is 99.8 Å². The van der Waals surface area contributed by atoms with Crippen LogP contribution in [0.5, 0.6) is 0 Å². The highest BCUT2D eigenvalue weighted by Crippen LogP contribution is 2.38. The molecule has 11 rings (SSSR count). The predicted octanol–water partition coefficient (Wildman–Crippen LogP) is 13.3. The van der Waals surface area contributed by atoms with E-state index in [1.165, 1.54) is 54.7 Å². The Morgan fingerprint density at radius 1 is 0.268 bits per heavy atom. The van der Waals surface area contributed by atoms with Crippen molar-refractivity contribution in [1.29, 1.82) is 0 Å². The minimum absolute atomic E-state index is 0.888. The Labute approximate surface area is 324 Å². The lowest BCUT2D eigenvalue weighted by atomic mass is 10.00. The van der Waals surface area contributed by atoms with Crippen LogP contribution in [0.1, 0.15) is 0 Å². The molecule has 4 heteroatoms. The summed E-state index contributed by atoms with van der Waals surface area (Å²) in [5, 5.41) is 4.97. The van der Waals surface area contributed by atoms with Crippen LogP contribution < -0.4 is 0 Å². The molecule has 0 aliphatic carbocycles. The Bertz CT molecular complexity index is 2990. The van der Waals surface area contributed by atoms with Gasteiger partial charge in [-0.05, 0) is 70.8 Å². The smallest absolute Gasteiger partial charge is 0.116 e. The number of fused-ring (bicyclic) bond motifs is 6. The third kappa shape index (κ3) is 5.31. The van der Waals surface area contributed by atoms with Gasteiger partial charge < -0.3 is 9.13 Å². The first-order valence-corrected chi connectivity index (χ1v) is 19.0. The van der Waals surface area contributed by atoms with E-state index in [1.807, 2.05) is 6.07 Å². The molecule has 0 N–H and O–H groups in total. The molecule has 3 heterocycles. The van der Waals surface area contributed by atoms with E-state index in [4.69, 9.17) is 4.98 Å². The lowest BCUT2D eigenvalue weighted by Gasteiger charge is -2.16. The largest absolute Gasteiger partial charge is 0.309 e. The summed E-state index contributed by atoms with van der Waals surface area (Å²) < 4.78 is 4.82. The molecule has 8 aromatic carbocycles. The summed E-state index contributed by atoms with van der Waals surface area (Å²) in [6.07, 6.45) is 1.66. The minimum atomic E-state index is 0.888. The molecule has 0 atom stereocenters. The van der Waals surface area contributed by atoms with E-state index in [2.05, 4.69) is 208 Å². The molecule has 262 valence electrons. The van der Waals surface area contributed by atoms with Gasteiger partial charge in [-0.3, -0.25) is 0 Å². The van der Waals surface area contributed by atoms with Gasteiger partial charge in [0.15, 0.2) is 0 Å². The van der Waals surface area contributed by atoms with Crippen molar-refractivity contribution in [3.05, 3.63) is 207 Å². The van der Waals surface area contributed by atoms with Crippen molar-refractivity contribution in [1.82, 2.24) is 19.1 Å². The van der Waals surface area contributed by atoms with Crippen molar-refractivity contribution in [2.24, 2.45) is 0 Å². The lowest BCUT2D eigenvalue weighted by Crippen LogP contribution is -2.00. The van der Waals surface area contributed by atoms with Crippen molar-refractivity contribution in [2.45, 2.75) is 0 Å². The van der Waals surface area contributed by atoms with E-state index in [1.54, 1.807) is 6.33 Å². The van der Waals surface area contributed by atoms with Crippen LogP contribution in [0.2, 0.25) is 0 Å². The van der Waals surface area contributed by atoms with Gasteiger partial charge in [0.25, 0.3) is 0 Å². The third-order valence-corrected chi connectivity index (χ3v) is 11.0. The first-order chi connectivity index (χ1) is 27.8. The van der Waals surface area contributed by atoms with E-state index in [9.17, 15) is 0 Å². The van der Waals surface area contributed by atoms with Gasteiger partial charge in [-0.2, -0.15) is 0 Å². The molecule has 0 aliphatic rings. The van der Waals surface area contributed by atoms with E-state index in [-0.39, 0.29) is 0 Å². The predicted molar refractivity (Wildman–Crippen MR) is 232 cm³/mol. The molecule has 0 aliphatic heterocycles. The Balaban J connectivity index is 1.04. The first kappa shape index (κ1) is 31.9. The summed E-state index contributed by atoms with van der Waals surface area (Å²) in [6, 6.07) is 71.7. The number of nitrogens with zero attached hydrogens (tertiary/aromatic N) is 4. The highest BCUT2D eigenvalue weighted by Gasteiger charge is 2.17. The Morgan fingerprint density at radius 3 is 1.04 bits per heavy atom. The summed E-state index contributed by atoms with van der Waals surface area (Å²) in [6.45, 7) is 0. The topological polar surface area (TPSA) is 35.6 Å². The molecular formula is C52H34N4. The van der Waals surface area contributed by atoms with Gasteiger partial charge in [-0.15, -0.1) is 0 Å². The molecule has 56 heavy (non-hydrogen) atoms. The zero-order valence-electron chi connectivity index (χ0n) is 30.4. The van der Waals surface area contributed by atoms with Crippen LogP contribution in [0.3, 0.4) is 0 Å². The van der Waals surface area contributed by atoms with E-state index >= 15 is 0 Å². The van der Waals surface area contributed by atoms with Crippen LogP contribution in [0.4, 0.5) is 0 Å². The molecule has 0 fully saturated rings. The minimum Gasteiger partial charge on any atom is -0.309 e. The fourth-order valence-corrected chi connectivity index (χ4v) is 8.39. The fraction of sp³-hybridized carbons (Fsp3) is 0. The van der Waals surface area contributed by atoms with Gasteiger partial charge in [-0.25, -0.2) is 9.97 Å². The monoisotopic (exact) mass is 714 g/mol. The van der Waals surface area contributed by atoms with Crippen molar-refractivity contribution in [3.63, 3.8) is 0 Å². The first-order valence-electron chi connectivity index (χ1n) is 19.0. The molecule has 0 saturated carbocycles. The second-order valence-corrected chi connectivity index (χ2v) is 14.3. The standard InChI is InChI=1S/C52H34N4/c1-2-12-35(13-3-1)36-22-26-38(27-23-36)47-33-48(54-34-53-47)39-28-24-37(25-29-39)40-30-41(55-49-18-8-4-14-43(49)44-15-5-9-19-50(44)55)32-42(31-40)56-51-20-10-6-16-45(51)46-17-7-11-21-52(46)56/h1-34H. The van der Waals surface area contributed by atoms with Crippen LogP contribution in [-0.2, 0) is 0 Å². The van der Waals surface area contributed by atoms with Gasteiger partial charge in [0.05, 0.1) is 33.5 Å². The number of hydrogen-bond donors (Lipinski definition) is 0. The van der Waals surface area contributed by atoms with Crippen molar-refractivity contribution in [3.8, 4) is 56.1 Å². The summed E-state index contributed by atoms with van der Waals surface area (Å²) in [7, 11) is 0. The van der Waals surface area contributed by atoms with Crippen LogP contribution in [0.15, 0.2) is 207 Å². The Morgan fingerprint density at radius 2 is 0.607 bits per heavy atom. The normalized spacial score (nSPS) is 11.6. The fourth-order valence-electron chi connectivity index (χ4n) is 8.39. The molecule has 0 saturated heterocycles. The van der Waals surface area contributed by atoms with Crippen LogP contribution in [0, 0.1) is 0 Å². The molecule has 3 aromatic heterocycles. The second kappa shape index (κ2) is 13.1. The molecule has 0 radical (unpaired) electrons. The molecule has 0 amide bonds. The maximum absolute atomic E-state index is 4.70. The highest BCUT2D eigenvalue weighted by molar-refractivity contribution is 6.10. The zero-order chi connectivity index (χ0) is 37.0. The quantitative estimate of drug-likeness (QED) is 0.172. The van der Waals surface area contributed by atoms with Gasteiger partial charge in [0, 0.05) is 44.0 Å². The molecule has 0 spiro atoms. The highest BCUT2D eigenvalue weighted by atomic mass is 15.0. The number of hydrogen-bond acceptors (Lipinski definition) is 2. The van der Waals surface area contributed by atoms with Gasteiger partial charge in [-0.1, -0.05) is 152 Å². The Hall–Kier alpha value is -7.56. The maximum Gasteiger partial charge on any atom is 0.116 e. The SMILES string of the molecule is c1ccc(-c2ccc(-c3cc(-c4ccc(-c5cc(-n6c7ccccc7c7ccccc76)cc(-n6c7ccccc7c7ccccc76)c5)cc4)ncn3)cc2)cc1. The van der Waals surface area contributed by atoms with Gasteiger partial charge in [0.1, 0.15) is 6.33 Å². The van der Waals surface area contributed by atoms with Crippen LogP contribution in [-0.4, -0.2) is 19.1 Å². The molecule has 0 bridgehead atoms. The summed E-state index contributed by atoms with van der Waals surface area (Å²) >= 11 is 0. The second-order valence-electron chi connectivity index (χ2n) is 14.3. The van der Waals surface area contributed by atoms with Crippen LogP contribution >= 0.6 is 0 Å². The van der Waals surface area contributed by atoms with E-state index in [0.717, 1.165) is 45.0 Å². The molecular weight excluding hydrogens is 681 g/mol. The number of aromatic nitrogens is 4. The third-order valence-electron chi connectivity index (χ3n) is 11.0. The Kier molecular flexibility index (Phi) is 7.46. The van der Waals surface area contributed by atoms with E-state index < -0.39 is 0 Å². The van der Waals surface area contributed by atoms with E-state index in [0.29, 0.717) is 0 Å². The average Bonchev–Trinajstić information content (AvgIpc) is 3.80. The summed E-state index contributed by atoms with van der Waals surface area (Å²) in [5.41, 5.74) is 15.5. The lowest BCUT2D eigenvalue weighted by molar-refractivity contribution is 1.13. The number of benzene rings is 8. The number of rotatable bonds is 6. The molecule has 4 nitrogen and oxygen atoms in total. The number of para-hydroxylation sites is 4.